The summed E-state index contributed by atoms with van der Waals surface area (Å²) in [5, 5.41) is 3.71. The molecular weight excluding hydrogens is 374 g/mol. The zero-order chi connectivity index (χ0) is 20.3. The molecule has 6 heteroatoms. The molecule has 2 aromatic rings. The Balaban J connectivity index is 1.84. The molecule has 1 aromatic heterocycles. The highest BCUT2D eigenvalue weighted by atomic mass is 35.5. The van der Waals surface area contributed by atoms with E-state index in [9.17, 15) is 4.79 Å². The molecule has 1 aliphatic rings. The van der Waals surface area contributed by atoms with Gasteiger partial charge in [0.25, 0.3) is 5.91 Å². The molecule has 0 saturated carbocycles. The molecular formula is C22H28ClN3O2. The maximum absolute atomic E-state index is 13.0. The third-order valence-corrected chi connectivity index (χ3v) is 5.29. The van der Waals surface area contributed by atoms with Crippen molar-refractivity contribution in [1.82, 2.24) is 10.3 Å². The van der Waals surface area contributed by atoms with Gasteiger partial charge in [-0.2, -0.15) is 0 Å². The highest BCUT2D eigenvalue weighted by Gasteiger charge is 2.25. The predicted molar refractivity (Wildman–Crippen MR) is 113 cm³/mol. The third kappa shape index (κ3) is 4.65. The van der Waals surface area contributed by atoms with Crippen LogP contribution in [0, 0.1) is 6.92 Å². The number of hydrogen-bond acceptors (Lipinski definition) is 4. The summed E-state index contributed by atoms with van der Waals surface area (Å²) in [7, 11) is 0. The van der Waals surface area contributed by atoms with E-state index < -0.39 is 0 Å². The third-order valence-electron chi connectivity index (χ3n) is 5.03. The van der Waals surface area contributed by atoms with E-state index in [1.165, 1.54) is 0 Å². The second kappa shape index (κ2) is 8.93. The average Bonchev–Trinajstić information content (AvgIpc) is 2.67. The molecule has 1 atom stereocenters. The lowest BCUT2D eigenvalue weighted by molar-refractivity contribution is 0.0947. The normalized spacial score (nSPS) is 17.1. The number of nitrogens with one attached hydrogen (secondary N) is 1. The summed E-state index contributed by atoms with van der Waals surface area (Å²) in [4.78, 5) is 20.1. The number of halogens is 1. The summed E-state index contributed by atoms with van der Waals surface area (Å²) in [5.74, 6) is 0.975. The van der Waals surface area contributed by atoms with Crippen LogP contribution < -0.4 is 10.2 Å². The summed E-state index contributed by atoms with van der Waals surface area (Å²) < 4.78 is 5.54. The van der Waals surface area contributed by atoms with Crippen molar-refractivity contribution in [3.63, 3.8) is 0 Å². The molecule has 0 spiro atoms. The standard InChI is InChI=1S/C22H28ClN3O2/c1-14(2)21-20(22(27)24-12-17-5-7-18(23)8-6-17)15(3)11-19(25-21)26-9-10-28-13-16(26)4/h5-8,11,14,16H,9-10,12-13H2,1-4H3,(H,24,27)/t16-/m1/s1. The van der Waals surface area contributed by atoms with E-state index >= 15 is 0 Å². The molecule has 0 aliphatic carbocycles. The summed E-state index contributed by atoms with van der Waals surface area (Å²) >= 11 is 5.93. The number of aromatic nitrogens is 1. The zero-order valence-corrected chi connectivity index (χ0v) is 17.7. The van der Waals surface area contributed by atoms with Crippen LogP contribution in [0.2, 0.25) is 5.02 Å². The minimum Gasteiger partial charge on any atom is -0.377 e. The van der Waals surface area contributed by atoms with E-state index in [0.717, 1.165) is 29.2 Å². The van der Waals surface area contributed by atoms with Crippen LogP contribution in [-0.2, 0) is 11.3 Å². The maximum atomic E-state index is 13.0. The van der Waals surface area contributed by atoms with Crippen molar-refractivity contribution in [3.8, 4) is 0 Å². The van der Waals surface area contributed by atoms with E-state index in [0.29, 0.717) is 30.3 Å². The summed E-state index contributed by atoms with van der Waals surface area (Å²) in [6.07, 6.45) is 0. The highest BCUT2D eigenvalue weighted by molar-refractivity contribution is 6.30. The van der Waals surface area contributed by atoms with Crippen LogP contribution in [-0.4, -0.2) is 36.7 Å². The van der Waals surface area contributed by atoms with Gasteiger partial charge >= 0.3 is 0 Å². The number of ether oxygens (including phenoxy) is 1. The lowest BCUT2D eigenvalue weighted by atomic mass is 9.98. The van der Waals surface area contributed by atoms with Crippen molar-refractivity contribution in [3.05, 3.63) is 57.7 Å². The molecule has 28 heavy (non-hydrogen) atoms. The quantitative estimate of drug-likeness (QED) is 0.810. The van der Waals surface area contributed by atoms with Gasteiger partial charge in [-0.05, 0) is 49.1 Å². The first kappa shape index (κ1) is 20.6. The highest BCUT2D eigenvalue weighted by Crippen LogP contribution is 2.27. The van der Waals surface area contributed by atoms with Crippen LogP contribution in [0.1, 0.15) is 53.9 Å². The van der Waals surface area contributed by atoms with Gasteiger partial charge in [0.05, 0.1) is 30.5 Å². The number of pyridine rings is 1. The number of rotatable bonds is 5. The van der Waals surface area contributed by atoms with Crippen molar-refractivity contribution in [2.75, 3.05) is 24.7 Å². The number of nitrogens with zero attached hydrogens (tertiary/aromatic N) is 2. The maximum Gasteiger partial charge on any atom is 0.253 e. The van der Waals surface area contributed by atoms with Gasteiger partial charge in [-0.1, -0.05) is 37.6 Å². The molecule has 0 radical (unpaired) electrons. The van der Waals surface area contributed by atoms with Crippen LogP contribution in [0.25, 0.3) is 0 Å². The van der Waals surface area contributed by atoms with Gasteiger partial charge in [0, 0.05) is 18.1 Å². The molecule has 5 nitrogen and oxygen atoms in total. The molecule has 3 rings (SSSR count). The van der Waals surface area contributed by atoms with Crippen molar-refractivity contribution in [2.45, 2.75) is 46.2 Å². The molecule has 0 unspecified atom stereocenters. The topological polar surface area (TPSA) is 54.5 Å². The number of anilines is 1. The minimum absolute atomic E-state index is 0.0924. The van der Waals surface area contributed by atoms with Crippen LogP contribution in [0.15, 0.2) is 30.3 Å². The fraction of sp³-hybridized carbons (Fsp3) is 0.455. The van der Waals surface area contributed by atoms with Crippen molar-refractivity contribution in [1.29, 1.82) is 0 Å². The number of aryl methyl sites for hydroxylation is 1. The smallest absolute Gasteiger partial charge is 0.253 e. The second-order valence-corrected chi connectivity index (χ2v) is 8.08. The van der Waals surface area contributed by atoms with Gasteiger partial charge in [0.15, 0.2) is 0 Å². The number of carbonyl (C=O) groups is 1. The van der Waals surface area contributed by atoms with Crippen molar-refractivity contribution >= 4 is 23.3 Å². The van der Waals surface area contributed by atoms with Gasteiger partial charge in [-0.3, -0.25) is 4.79 Å². The number of benzene rings is 1. The first-order valence-electron chi connectivity index (χ1n) is 9.75. The lowest BCUT2D eigenvalue weighted by Crippen LogP contribution is -2.44. The van der Waals surface area contributed by atoms with Gasteiger partial charge in [0.1, 0.15) is 5.82 Å². The van der Waals surface area contributed by atoms with E-state index in [1.807, 2.05) is 37.3 Å². The molecule has 2 heterocycles. The van der Waals surface area contributed by atoms with E-state index in [2.05, 4.69) is 31.0 Å². The molecule has 1 amide bonds. The Morgan fingerprint density at radius 1 is 1.36 bits per heavy atom. The second-order valence-electron chi connectivity index (χ2n) is 7.64. The number of amides is 1. The van der Waals surface area contributed by atoms with Crippen molar-refractivity contribution in [2.24, 2.45) is 0 Å². The number of morpholine rings is 1. The molecule has 1 saturated heterocycles. The largest absolute Gasteiger partial charge is 0.377 e. The van der Waals surface area contributed by atoms with Crippen molar-refractivity contribution < 1.29 is 9.53 Å². The van der Waals surface area contributed by atoms with Gasteiger partial charge < -0.3 is 15.0 Å². The van der Waals surface area contributed by atoms with E-state index in [-0.39, 0.29) is 17.9 Å². The first-order chi connectivity index (χ1) is 13.4. The summed E-state index contributed by atoms with van der Waals surface area (Å²) in [6, 6.07) is 9.77. The fourth-order valence-electron chi connectivity index (χ4n) is 3.48. The predicted octanol–water partition coefficient (Wildman–Crippen LogP) is 4.32. The summed E-state index contributed by atoms with van der Waals surface area (Å²) in [5.41, 5.74) is 3.46. The average molecular weight is 402 g/mol. The molecule has 1 N–H and O–H groups in total. The minimum atomic E-state index is -0.0924. The van der Waals surface area contributed by atoms with Gasteiger partial charge in [-0.15, -0.1) is 0 Å². The SMILES string of the molecule is Cc1cc(N2CCOC[C@H]2C)nc(C(C)C)c1C(=O)NCc1ccc(Cl)cc1. The Morgan fingerprint density at radius 2 is 2.07 bits per heavy atom. The fourth-order valence-corrected chi connectivity index (χ4v) is 3.61. The Bertz CT molecular complexity index is 836. The van der Waals surface area contributed by atoms with Crippen LogP contribution in [0.3, 0.4) is 0 Å². The molecule has 0 bridgehead atoms. The Hall–Kier alpha value is -2.11. The molecule has 150 valence electrons. The monoisotopic (exact) mass is 401 g/mol. The first-order valence-corrected chi connectivity index (χ1v) is 10.1. The van der Waals surface area contributed by atoms with E-state index in [1.54, 1.807) is 0 Å². The van der Waals surface area contributed by atoms with Crippen LogP contribution in [0.5, 0.6) is 0 Å². The molecule has 1 aliphatic heterocycles. The lowest BCUT2D eigenvalue weighted by Gasteiger charge is -2.35. The Morgan fingerprint density at radius 3 is 2.71 bits per heavy atom. The zero-order valence-electron chi connectivity index (χ0n) is 17.0. The van der Waals surface area contributed by atoms with E-state index in [4.69, 9.17) is 21.3 Å². The van der Waals surface area contributed by atoms with Crippen LogP contribution in [0.4, 0.5) is 5.82 Å². The Kier molecular flexibility index (Phi) is 6.57. The number of hydrogen-bond donors (Lipinski definition) is 1. The Labute approximate surface area is 172 Å². The van der Waals surface area contributed by atoms with Gasteiger partial charge in [-0.25, -0.2) is 4.98 Å². The summed E-state index contributed by atoms with van der Waals surface area (Å²) in [6.45, 7) is 10.9. The number of carbonyl (C=O) groups excluding carboxylic acids is 1. The molecule has 1 fully saturated rings. The van der Waals surface area contributed by atoms with Gasteiger partial charge in [0.2, 0.25) is 0 Å². The molecule has 1 aromatic carbocycles. The van der Waals surface area contributed by atoms with Crippen LogP contribution >= 0.6 is 11.6 Å².